The first-order chi connectivity index (χ1) is 13.5. The average Bonchev–Trinajstić information content (AvgIpc) is 3.03. The number of hydrogen-bond acceptors (Lipinski definition) is 6. The maximum atomic E-state index is 12.4. The number of rotatable bonds is 8. The smallest absolute Gasteiger partial charge is 0.326 e. The van der Waals surface area contributed by atoms with Crippen LogP contribution in [0.25, 0.3) is 11.0 Å². The molecule has 1 unspecified atom stereocenters. The summed E-state index contributed by atoms with van der Waals surface area (Å²) >= 11 is 1.48. The number of nitro groups is 1. The number of nitrogens with zero attached hydrogens (tertiary/aromatic N) is 3. The highest BCUT2D eigenvalue weighted by atomic mass is 32.2. The van der Waals surface area contributed by atoms with Gasteiger partial charge in [-0.15, -0.1) is 0 Å². The molecule has 0 bridgehead atoms. The second kappa shape index (κ2) is 8.88. The van der Waals surface area contributed by atoms with E-state index < -0.39 is 4.92 Å². The molecule has 0 spiro atoms. The van der Waals surface area contributed by atoms with Crippen molar-refractivity contribution < 1.29 is 14.5 Å². The number of aromatic nitrogens is 2. The number of imidazole rings is 1. The Kier molecular flexibility index (Phi) is 6.30. The third-order valence-electron chi connectivity index (χ3n) is 4.31. The van der Waals surface area contributed by atoms with Crippen molar-refractivity contribution >= 4 is 34.5 Å². The number of hydrogen-bond donors (Lipinski definition) is 0. The fourth-order valence-corrected chi connectivity index (χ4v) is 3.63. The Morgan fingerprint density at radius 2 is 2.04 bits per heavy atom. The summed E-state index contributed by atoms with van der Waals surface area (Å²) < 4.78 is 7.08. The van der Waals surface area contributed by atoms with Gasteiger partial charge in [-0.3, -0.25) is 14.9 Å². The van der Waals surface area contributed by atoms with E-state index in [0.29, 0.717) is 21.9 Å². The predicted octanol–water partition coefficient (Wildman–Crippen LogP) is 4.58. The topological polar surface area (TPSA) is 87.3 Å². The van der Waals surface area contributed by atoms with E-state index in [1.54, 1.807) is 10.6 Å². The van der Waals surface area contributed by atoms with Crippen LogP contribution < -0.4 is 0 Å². The lowest BCUT2D eigenvalue weighted by Gasteiger charge is -2.13. The Labute approximate surface area is 166 Å². The highest BCUT2D eigenvalue weighted by Gasteiger charge is 2.19. The van der Waals surface area contributed by atoms with Gasteiger partial charge in [-0.1, -0.05) is 49.0 Å². The van der Waals surface area contributed by atoms with Crippen LogP contribution in [-0.4, -0.2) is 26.5 Å². The lowest BCUT2D eigenvalue weighted by Crippen LogP contribution is -2.19. The summed E-state index contributed by atoms with van der Waals surface area (Å²) in [5, 5.41) is 11.8. The molecular weight excluding hydrogens is 378 g/mol. The molecule has 28 heavy (non-hydrogen) atoms. The van der Waals surface area contributed by atoms with E-state index in [9.17, 15) is 14.9 Å². The van der Waals surface area contributed by atoms with Crippen molar-refractivity contribution in [3.05, 3.63) is 64.2 Å². The van der Waals surface area contributed by atoms with Crippen molar-refractivity contribution in [2.45, 2.75) is 43.8 Å². The Morgan fingerprint density at radius 1 is 1.29 bits per heavy atom. The van der Waals surface area contributed by atoms with Crippen LogP contribution in [0.1, 0.15) is 25.8 Å². The molecule has 1 aromatic heterocycles. The van der Waals surface area contributed by atoms with Gasteiger partial charge in [-0.05, 0) is 25.0 Å². The van der Waals surface area contributed by atoms with Crippen LogP contribution >= 0.6 is 11.8 Å². The fourth-order valence-electron chi connectivity index (χ4n) is 2.66. The van der Waals surface area contributed by atoms with E-state index in [0.717, 1.165) is 12.0 Å². The molecule has 0 aliphatic rings. The average molecular weight is 399 g/mol. The second-order valence-corrected chi connectivity index (χ2v) is 7.34. The predicted molar refractivity (Wildman–Crippen MR) is 108 cm³/mol. The maximum absolute atomic E-state index is 12.4. The minimum atomic E-state index is -0.453. The monoisotopic (exact) mass is 399 g/mol. The third kappa shape index (κ3) is 4.69. The van der Waals surface area contributed by atoms with Gasteiger partial charge in [-0.2, -0.15) is 0 Å². The van der Waals surface area contributed by atoms with Crippen LogP contribution in [0.5, 0.6) is 0 Å². The fraction of sp³-hybridized carbons (Fsp3) is 0.300. The number of ether oxygens (including phenoxy) is 1. The second-order valence-electron chi connectivity index (χ2n) is 6.39. The number of carbonyl (C=O) groups is 1. The Morgan fingerprint density at radius 3 is 2.71 bits per heavy atom. The molecule has 0 N–H and O–H groups in total. The Hall–Kier alpha value is -2.87. The zero-order valence-electron chi connectivity index (χ0n) is 15.7. The Balaban J connectivity index is 1.93. The molecule has 3 aromatic rings. The molecule has 0 fully saturated rings. The number of fused-ring (bicyclic) bond motifs is 1. The lowest BCUT2D eigenvalue weighted by molar-refractivity contribution is -0.384. The summed E-state index contributed by atoms with van der Waals surface area (Å²) in [6, 6.07) is 14.4. The summed E-state index contributed by atoms with van der Waals surface area (Å²) in [4.78, 5) is 27.6. The zero-order chi connectivity index (χ0) is 20.1. The molecule has 7 nitrogen and oxygen atoms in total. The van der Waals surface area contributed by atoms with Gasteiger partial charge in [0.15, 0.2) is 5.16 Å². The molecule has 0 amide bonds. The molecular formula is C20H21N3O4S. The van der Waals surface area contributed by atoms with Crippen molar-refractivity contribution in [2.75, 3.05) is 0 Å². The van der Waals surface area contributed by atoms with E-state index in [4.69, 9.17) is 4.74 Å². The first-order valence-electron chi connectivity index (χ1n) is 8.98. The van der Waals surface area contributed by atoms with Crippen molar-refractivity contribution in [3.8, 4) is 0 Å². The van der Waals surface area contributed by atoms with E-state index in [1.165, 1.54) is 23.9 Å². The van der Waals surface area contributed by atoms with Crippen molar-refractivity contribution in [2.24, 2.45) is 0 Å². The van der Waals surface area contributed by atoms with Gasteiger partial charge in [-0.25, -0.2) is 4.98 Å². The molecule has 1 heterocycles. The number of benzene rings is 2. The van der Waals surface area contributed by atoms with Gasteiger partial charge < -0.3 is 9.30 Å². The number of thioether (sulfide) groups is 1. The molecule has 0 aliphatic carbocycles. The van der Waals surface area contributed by atoms with Gasteiger partial charge in [0.1, 0.15) is 6.54 Å². The van der Waals surface area contributed by atoms with Crippen LogP contribution in [0.3, 0.4) is 0 Å². The molecule has 0 saturated heterocycles. The van der Waals surface area contributed by atoms with Crippen molar-refractivity contribution in [3.63, 3.8) is 0 Å². The highest BCUT2D eigenvalue weighted by molar-refractivity contribution is 7.98. The van der Waals surface area contributed by atoms with Gasteiger partial charge in [0.05, 0.1) is 22.1 Å². The number of esters is 1. The molecule has 0 saturated carbocycles. The summed E-state index contributed by atoms with van der Waals surface area (Å²) in [5.74, 6) is 0.286. The van der Waals surface area contributed by atoms with Crippen LogP contribution in [0.15, 0.2) is 53.7 Å². The summed E-state index contributed by atoms with van der Waals surface area (Å²) in [5.41, 5.74) is 2.24. The van der Waals surface area contributed by atoms with Gasteiger partial charge in [0.25, 0.3) is 5.69 Å². The minimum Gasteiger partial charge on any atom is -0.461 e. The normalized spacial score (nSPS) is 12.1. The summed E-state index contributed by atoms with van der Waals surface area (Å²) in [6.07, 6.45) is 0.536. The van der Waals surface area contributed by atoms with E-state index in [1.807, 2.05) is 44.2 Å². The SMILES string of the molecule is CCC(C)OC(=O)Cn1c(SCc2ccccc2)nc2ccc([N+](=O)[O-])cc21. The standard InChI is InChI=1S/C20H21N3O4S/c1-3-14(2)27-19(24)12-22-18-11-16(23(25)26)9-10-17(18)21-20(22)28-13-15-7-5-4-6-8-15/h4-11,14H,3,12-13H2,1-2H3. The molecule has 3 rings (SSSR count). The molecule has 2 aromatic carbocycles. The first kappa shape index (κ1) is 19.9. The zero-order valence-corrected chi connectivity index (χ0v) is 16.5. The van der Waals surface area contributed by atoms with Crippen LogP contribution in [0.2, 0.25) is 0 Å². The number of nitro benzene ring substituents is 1. The molecule has 1 atom stereocenters. The van der Waals surface area contributed by atoms with E-state index in [2.05, 4.69) is 4.98 Å². The molecule has 146 valence electrons. The van der Waals surface area contributed by atoms with E-state index >= 15 is 0 Å². The summed E-state index contributed by atoms with van der Waals surface area (Å²) in [7, 11) is 0. The van der Waals surface area contributed by atoms with Gasteiger partial charge in [0.2, 0.25) is 0 Å². The molecule has 0 aliphatic heterocycles. The largest absolute Gasteiger partial charge is 0.461 e. The van der Waals surface area contributed by atoms with Crippen LogP contribution in [-0.2, 0) is 21.8 Å². The Bertz CT molecular complexity index is 988. The van der Waals surface area contributed by atoms with Gasteiger partial charge in [0, 0.05) is 17.9 Å². The summed E-state index contributed by atoms with van der Waals surface area (Å²) in [6.45, 7) is 3.73. The number of carbonyl (C=O) groups excluding carboxylic acids is 1. The van der Waals surface area contributed by atoms with Crippen molar-refractivity contribution in [1.29, 1.82) is 0 Å². The van der Waals surface area contributed by atoms with Gasteiger partial charge >= 0.3 is 5.97 Å². The third-order valence-corrected chi connectivity index (χ3v) is 5.36. The van der Waals surface area contributed by atoms with Crippen LogP contribution in [0, 0.1) is 10.1 Å². The van der Waals surface area contributed by atoms with Crippen molar-refractivity contribution in [1.82, 2.24) is 9.55 Å². The quantitative estimate of drug-likeness (QED) is 0.238. The first-order valence-corrected chi connectivity index (χ1v) is 9.97. The maximum Gasteiger partial charge on any atom is 0.326 e. The highest BCUT2D eigenvalue weighted by Crippen LogP contribution is 2.29. The molecule has 0 radical (unpaired) electrons. The number of non-ortho nitro benzene ring substituents is 1. The lowest BCUT2D eigenvalue weighted by atomic mass is 10.2. The molecule has 8 heteroatoms. The minimum absolute atomic E-state index is 0.0384. The van der Waals surface area contributed by atoms with E-state index in [-0.39, 0.29) is 24.3 Å². The van der Waals surface area contributed by atoms with Crippen LogP contribution in [0.4, 0.5) is 5.69 Å².